The number of nitrogens with one attached hydrogen (secondary N) is 1. The van der Waals surface area contributed by atoms with Gasteiger partial charge in [0.05, 0.1) is 12.5 Å². The van der Waals surface area contributed by atoms with E-state index in [2.05, 4.69) is 53.5 Å². The van der Waals surface area contributed by atoms with Crippen LogP contribution in [-0.2, 0) is 6.42 Å². The largest absolute Gasteiger partial charge is 0.310 e. The van der Waals surface area contributed by atoms with Crippen molar-refractivity contribution < 1.29 is 0 Å². The third-order valence-corrected chi connectivity index (χ3v) is 3.65. The standard InChI is InChI=1S/C15H21N3/c1-13-11-17-15(7-9-16)12-18(13)10-8-14-5-3-2-4-6-14/h2-6,13,15,17H,7-8,10-12H2,1H3. The van der Waals surface area contributed by atoms with Gasteiger partial charge in [-0.15, -0.1) is 0 Å². The fourth-order valence-corrected chi connectivity index (χ4v) is 2.47. The van der Waals surface area contributed by atoms with Gasteiger partial charge < -0.3 is 5.32 Å². The van der Waals surface area contributed by atoms with Gasteiger partial charge in [-0.2, -0.15) is 5.26 Å². The van der Waals surface area contributed by atoms with Gasteiger partial charge in [0.15, 0.2) is 0 Å². The lowest BCUT2D eigenvalue weighted by molar-refractivity contribution is 0.144. The van der Waals surface area contributed by atoms with Crippen LogP contribution in [0.5, 0.6) is 0 Å². The van der Waals surface area contributed by atoms with Crippen molar-refractivity contribution in [3.05, 3.63) is 35.9 Å². The van der Waals surface area contributed by atoms with E-state index in [0.717, 1.165) is 26.1 Å². The molecule has 96 valence electrons. The summed E-state index contributed by atoms with van der Waals surface area (Å²) in [6.45, 7) is 5.30. The third kappa shape index (κ3) is 3.56. The molecule has 0 radical (unpaired) electrons. The van der Waals surface area contributed by atoms with Crippen LogP contribution in [0.4, 0.5) is 0 Å². The molecule has 0 aliphatic carbocycles. The number of hydrogen-bond donors (Lipinski definition) is 1. The van der Waals surface area contributed by atoms with Crippen LogP contribution in [0.15, 0.2) is 30.3 Å². The Kier molecular flexibility index (Phi) is 4.74. The van der Waals surface area contributed by atoms with Crippen LogP contribution in [-0.4, -0.2) is 36.6 Å². The Hall–Kier alpha value is -1.37. The van der Waals surface area contributed by atoms with E-state index in [1.807, 2.05) is 0 Å². The van der Waals surface area contributed by atoms with Crippen LogP contribution in [0.2, 0.25) is 0 Å². The lowest BCUT2D eigenvalue weighted by Gasteiger charge is -2.38. The molecule has 0 spiro atoms. The van der Waals surface area contributed by atoms with Crippen molar-refractivity contribution >= 4 is 0 Å². The molecule has 0 bridgehead atoms. The van der Waals surface area contributed by atoms with E-state index < -0.39 is 0 Å². The maximum atomic E-state index is 8.77. The van der Waals surface area contributed by atoms with E-state index in [4.69, 9.17) is 5.26 Å². The molecule has 18 heavy (non-hydrogen) atoms. The maximum absolute atomic E-state index is 8.77. The summed E-state index contributed by atoms with van der Waals surface area (Å²) in [6.07, 6.45) is 1.69. The summed E-state index contributed by atoms with van der Waals surface area (Å²) < 4.78 is 0. The molecule has 1 heterocycles. The first-order chi connectivity index (χ1) is 8.79. The summed E-state index contributed by atoms with van der Waals surface area (Å²) in [5.74, 6) is 0. The molecule has 1 N–H and O–H groups in total. The summed E-state index contributed by atoms with van der Waals surface area (Å²) >= 11 is 0. The van der Waals surface area contributed by atoms with Gasteiger partial charge in [-0.1, -0.05) is 30.3 Å². The molecule has 0 amide bonds. The van der Waals surface area contributed by atoms with Crippen LogP contribution in [0.1, 0.15) is 18.9 Å². The normalized spacial score (nSPS) is 24.7. The Labute approximate surface area is 109 Å². The van der Waals surface area contributed by atoms with E-state index in [0.29, 0.717) is 18.5 Å². The summed E-state index contributed by atoms with van der Waals surface area (Å²) in [6, 6.07) is 13.8. The van der Waals surface area contributed by atoms with Gasteiger partial charge in [0.1, 0.15) is 0 Å². The Bertz CT molecular complexity index is 396. The molecule has 3 nitrogen and oxygen atoms in total. The summed E-state index contributed by atoms with van der Waals surface area (Å²) in [5, 5.41) is 12.2. The number of hydrogen-bond acceptors (Lipinski definition) is 3. The summed E-state index contributed by atoms with van der Waals surface area (Å²) in [4.78, 5) is 2.49. The van der Waals surface area contributed by atoms with Crippen LogP contribution >= 0.6 is 0 Å². The maximum Gasteiger partial charge on any atom is 0.0638 e. The van der Waals surface area contributed by atoms with Crippen molar-refractivity contribution in [2.45, 2.75) is 31.8 Å². The molecular formula is C15H21N3. The molecule has 1 aliphatic rings. The fourth-order valence-electron chi connectivity index (χ4n) is 2.47. The molecule has 3 heteroatoms. The van der Waals surface area contributed by atoms with Crippen LogP contribution in [0, 0.1) is 11.3 Å². The van der Waals surface area contributed by atoms with E-state index in [1.54, 1.807) is 0 Å². The second-order valence-electron chi connectivity index (χ2n) is 5.05. The second-order valence-corrected chi connectivity index (χ2v) is 5.05. The van der Waals surface area contributed by atoms with Gasteiger partial charge in [0.2, 0.25) is 0 Å². The minimum atomic E-state index is 0.335. The van der Waals surface area contributed by atoms with Crippen molar-refractivity contribution in [2.75, 3.05) is 19.6 Å². The molecule has 1 aromatic carbocycles. The molecule has 2 unspecified atom stereocenters. The number of nitriles is 1. The summed E-state index contributed by atoms with van der Waals surface area (Å²) in [5.41, 5.74) is 1.39. The van der Waals surface area contributed by atoms with Gasteiger partial charge >= 0.3 is 0 Å². The van der Waals surface area contributed by atoms with Crippen molar-refractivity contribution in [1.82, 2.24) is 10.2 Å². The topological polar surface area (TPSA) is 39.1 Å². The average Bonchev–Trinajstić information content (AvgIpc) is 2.41. The SMILES string of the molecule is CC1CNC(CC#N)CN1CCc1ccccc1. The number of benzene rings is 1. The highest BCUT2D eigenvalue weighted by Crippen LogP contribution is 2.10. The Morgan fingerprint density at radius 1 is 1.39 bits per heavy atom. The Morgan fingerprint density at radius 2 is 2.17 bits per heavy atom. The molecule has 2 rings (SSSR count). The van der Waals surface area contributed by atoms with Gasteiger partial charge in [-0.3, -0.25) is 4.90 Å². The Morgan fingerprint density at radius 3 is 2.89 bits per heavy atom. The van der Waals surface area contributed by atoms with E-state index in [1.165, 1.54) is 5.56 Å². The van der Waals surface area contributed by atoms with E-state index in [-0.39, 0.29) is 0 Å². The zero-order valence-electron chi connectivity index (χ0n) is 11.0. The minimum absolute atomic E-state index is 0.335. The molecule has 1 saturated heterocycles. The van der Waals surface area contributed by atoms with E-state index >= 15 is 0 Å². The average molecular weight is 243 g/mol. The van der Waals surface area contributed by atoms with Crippen molar-refractivity contribution in [2.24, 2.45) is 0 Å². The number of rotatable bonds is 4. The number of piperazine rings is 1. The predicted octanol–water partition coefficient (Wildman–Crippen LogP) is 1.81. The van der Waals surface area contributed by atoms with Crippen LogP contribution in [0.25, 0.3) is 0 Å². The predicted molar refractivity (Wildman–Crippen MR) is 73.2 cm³/mol. The van der Waals surface area contributed by atoms with Gasteiger partial charge in [-0.05, 0) is 18.9 Å². The fraction of sp³-hybridized carbons (Fsp3) is 0.533. The lowest BCUT2D eigenvalue weighted by atomic mass is 10.1. The monoisotopic (exact) mass is 243 g/mol. The molecular weight excluding hydrogens is 222 g/mol. The molecule has 0 saturated carbocycles. The van der Waals surface area contributed by atoms with Crippen molar-refractivity contribution in [3.63, 3.8) is 0 Å². The highest BCUT2D eigenvalue weighted by Gasteiger charge is 2.24. The first-order valence-electron chi connectivity index (χ1n) is 6.68. The second kappa shape index (κ2) is 6.53. The lowest BCUT2D eigenvalue weighted by Crippen LogP contribution is -2.55. The minimum Gasteiger partial charge on any atom is -0.310 e. The quantitative estimate of drug-likeness (QED) is 0.876. The highest BCUT2D eigenvalue weighted by molar-refractivity contribution is 5.15. The number of nitrogens with zero attached hydrogens (tertiary/aromatic N) is 2. The van der Waals surface area contributed by atoms with Crippen molar-refractivity contribution in [3.8, 4) is 6.07 Å². The van der Waals surface area contributed by atoms with Gasteiger partial charge in [-0.25, -0.2) is 0 Å². The van der Waals surface area contributed by atoms with Gasteiger partial charge in [0.25, 0.3) is 0 Å². The third-order valence-electron chi connectivity index (χ3n) is 3.65. The summed E-state index contributed by atoms with van der Waals surface area (Å²) in [7, 11) is 0. The van der Waals surface area contributed by atoms with Crippen molar-refractivity contribution in [1.29, 1.82) is 5.26 Å². The molecule has 1 fully saturated rings. The van der Waals surface area contributed by atoms with Crippen LogP contribution < -0.4 is 5.32 Å². The highest BCUT2D eigenvalue weighted by atomic mass is 15.2. The van der Waals surface area contributed by atoms with Gasteiger partial charge in [0, 0.05) is 31.7 Å². The molecule has 0 aromatic heterocycles. The van der Waals surface area contributed by atoms with Crippen LogP contribution in [0.3, 0.4) is 0 Å². The molecule has 2 atom stereocenters. The zero-order valence-corrected chi connectivity index (χ0v) is 11.0. The smallest absolute Gasteiger partial charge is 0.0638 e. The molecule has 1 aliphatic heterocycles. The van der Waals surface area contributed by atoms with E-state index in [9.17, 15) is 0 Å². The first kappa shape index (κ1) is 13.1. The first-order valence-corrected chi connectivity index (χ1v) is 6.68. The zero-order chi connectivity index (χ0) is 12.8. The Balaban J connectivity index is 1.85. The molecule has 1 aromatic rings.